The SMILES string of the molecule is Cn1c(Nc2c(Cl)cc(C(F)(F)F)cc2Cl)nc(C(F)(F)F)cc1=O. The van der Waals surface area contributed by atoms with Crippen LogP contribution in [0.2, 0.25) is 10.0 Å². The predicted octanol–water partition coefficient (Wildman–Crippen LogP) is 4.87. The molecule has 0 unspecified atom stereocenters. The highest BCUT2D eigenvalue weighted by molar-refractivity contribution is 6.39. The Morgan fingerprint density at radius 3 is 1.96 bits per heavy atom. The fourth-order valence-electron chi connectivity index (χ4n) is 1.76. The van der Waals surface area contributed by atoms with Crippen LogP contribution in [-0.4, -0.2) is 9.55 Å². The average Bonchev–Trinajstić information content (AvgIpc) is 2.44. The second-order valence-electron chi connectivity index (χ2n) is 4.80. The van der Waals surface area contributed by atoms with Crippen molar-refractivity contribution in [3.63, 3.8) is 0 Å². The van der Waals surface area contributed by atoms with E-state index >= 15 is 0 Å². The van der Waals surface area contributed by atoms with Crippen LogP contribution in [0.1, 0.15) is 11.3 Å². The third kappa shape index (κ3) is 4.18. The Labute approximate surface area is 146 Å². The molecule has 0 amide bonds. The van der Waals surface area contributed by atoms with Crippen LogP contribution < -0.4 is 10.9 Å². The van der Waals surface area contributed by atoms with Gasteiger partial charge in [-0.3, -0.25) is 9.36 Å². The van der Waals surface area contributed by atoms with Gasteiger partial charge in [-0.25, -0.2) is 4.98 Å². The van der Waals surface area contributed by atoms with Crippen molar-refractivity contribution in [1.29, 1.82) is 0 Å². The second-order valence-corrected chi connectivity index (χ2v) is 5.61. The minimum atomic E-state index is -4.89. The van der Waals surface area contributed by atoms with E-state index in [1.165, 1.54) is 0 Å². The fraction of sp³-hybridized carbons (Fsp3) is 0.231. The molecule has 0 radical (unpaired) electrons. The molecule has 0 spiro atoms. The molecule has 136 valence electrons. The molecule has 25 heavy (non-hydrogen) atoms. The van der Waals surface area contributed by atoms with E-state index in [2.05, 4.69) is 10.3 Å². The molecule has 1 aromatic carbocycles. The first-order chi connectivity index (χ1) is 11.3. The van der Waals surface area contributed by atoms with Crippen molar-refractivity contribution < 1.29 is 26.3 Å². The summed E-state index contributed by atoms with van der Waals surface area (Å²) in [6, 6.07) is 1.37. The van der Waals surface area contributed by atoms with Gasteiger partial charge in [-0.05, 0) is 12.1 Å². The van der Waals surface area contributed by atoms with E-state index in [-0.39, 0.29) is 11.8 Å². The number of hydrogen-bond acceptors (Lipinski definition) is 3. The number of benzene rings is 1. The normalized spacial score (nSPS) is 12.4. The highest BCUT2D eigenvalue weighted by Crippen LogP contribution is 2.39. The Morgan fingerprint density at radius 1 is 1.00 bits per heavy atom. The highest BCUT2D eigenvalue weighted by Gasteiger charge is 2.34. The lowest BCUT2D eigenvalue weighted by Gasteiger charge is -2.16. The molecular weight excluding hydrogens is 399 g/mol. The summed E-state index contributed by atoms with van der Waals surface area (Å²) in [7, 11) is 1.11. The average molecular weight is 406 g/mol. The van der Waals surface area contributed by atoms with E-state index in [0.717, 1.165) is 11.6 Å². The summed E-state index contributed by atoms with van der Waals surface area (Å²) < 4.78 is 77.0. The molecule has 12 heteroatoms. The number of aromatic nitrogens is 2. The zero-order valence-corrected chi connectivity index (χ0v) is 13.6. The van der Waals surface area contributed by atoms with Gasteiger partial charge in [0.05, 0.1) is 21.3 Å². The number of alkyl halides is 6. The Morgan fingerprint density at radius 2 is 1.52 bits per heavy atom. The molecule has 0 atom stereocenters. The topological polar surface area (TPSA) is 46.9 Å². The summed E-state index contributed by atoms with van der Waals surface area (Å²) >= 11 is 11.5. The lowest BCUT2D eigenvalue weighted by Crippen LogP contribution is -2.24. The predicted molar refractivity (Wildman–Crippen MR) is 79.2 cm³/mol. The van der Waals surface area contributed by atoms with Gasteiger partial charge in [0.2, 0.25) is 5.95 Å². The largest absolute Gasteiger partial charge is 0.433 e. The maximum Gasteiger partial charge on any atom is 0.433 e. The maximum absolute atomic E-state index is 12.7. The minimum absolute atomic E-state index is 0.279. The standard InChI is InChI=1S/C13H7Cl2F6N3O/c1-24-9(25)4-8(13(19,20)21)22-11(24)23-10-6(14)2-5(3-7(10)15)12(16,17)18/h2-4H,1H3,(H,22,23). The molecule has 0 fully saturated rings. The molecule has 4 nitrogen and oxygen atoms in total. The van der Waals surface area contributed by atoms with Crippen molar-refractivity contribution in [2.45, 2.75) is 12.4 Å². The van der Waals surface area contributed by atoms with Crippen molar-refractivity contribution >= 4 is 34.8 Å². The van der Waals surface area contributed by atoms with Gasteiger partial charge in [-0.2, -0.15) is 26.3 Å². The number of nitrogens with zero attached hydrogens (tertiary/aromatic N) is 2. The van der Waals surface area contributed by atoms with Crippen LogP contribution in [0.4, 0.5) is 38.0 Å². The number of rotatable bonds is 2. The van der Waals surface area contributed by atoms with E-state index in [1.54, 1.807) is 0 Å². The third-order valence-electron chi connectivity index (χ3n) is 3.03. The zero-order valence-electron chi connectivity index (χ0n) is 12.1. The van der Waals surface area contributed by atoms with Gasteiger partial charge in [-0.15, -0.1) is 0 Å². The molecule has 2 aromatic rings. The number of halogens is 8. The van der Waals surface area contributed by atoms with Crippen LogP contribution in [0.3, 0.4) is 0 Å². The Bertz CT molecular complexity index is 853. The van der Waals surface area contributed by atoms with Crippen LogP contribution in [0.25, 0.3) is 0 Å². The molecule has 0 saturated heterocycles. The zero-order chi connectivity index (χ0) is 19.2. The molecule has 1 N–H and O–H groups in total. The molecular formula is C13H7Cl2F6N3O. The van der Waals surface area contributed by atoms with Gasteiger partial charge in [0, 0.05) is 13.1 Å². The van der Waals surface area contributed by atoms with Crippen LogP contribution in [0.15, 0.2) is 23.0 Å². The Balaban J connectivity index is 2.54. The maximum atomic E-state index is 12.7. The quantitative estimate of drug-likeness (QED) is 0.725. The highest BCUT2D eigenvalue weighted by atomic mass is 35.5. The molecule has 0 bridgehead atoms. The first-order valence-corrected chi connectivity index (χ1v) is 7.05. The minimum Gasteiger partial charge on any atom is -0.323 e. The fourth-order valence-corrected chi connectivity index (χ4v) is 2.35. The van der Waals surface area contributed by atoms with Gasteiger partial charge in [0.1, 0.15) is 0 Å². The van der Waals surface area contributed by atoms with Gasteiger partial charge >= 0.3 is 12.4 Å². The Hall–Kier alpha value is -1.94. The van der Waals surface area contributed by atoms with Crippen LogP contribution >= 0.6 is 23.2 Å². The van der Waals surface area contributed by atoms with Gasteiger partial charge in [-0.1, -0.05) is 23.2 Å². The first kappa shape index (κ1) is 19.4. The van der Waals surface area contributed by atoms with Crippen LogP contribution in [0.5, 0.6) is 0 Å². The van der Waals surface area contributed by atoms with E-state index in [9.17, 15) is 31.1 Å². The smallest absolute Gasteiger partial charge is 0.323 e. The number of anilines is 2. The molecule has 1 heterocycles. The van der Waals surface area contributed by atoms with E-state index in [1.807, 2.05) is 0 Å². The summed E-state index contributed by atoms with van der Waals surface area (Å²) in [5.74, 6) is -0.594. The number of nitrogens with one attached hydrogen (secondary N) is 1. The third-order valence-corrected chi connectivity index (χ3v) is 3.63. The van der Waals surface area contributed by atoms with E-state index in [4.69, 9.17) is 23.2 Å². The summed E-state index contributed by atoms with van der Waals surface area (Å²) in [5, 5.41) is 1.25. The molecule has 0 aliphatic carbocycles. The summed E-state index contributed by atoms with van der Waals surface area (Å²) in [6.07, 6.45) is -9.61. The molecule has 1 aromatic heterocycles. The molecule has 0 aliphatic rings. The van der Waals surface area contributed by atoms with Crippen molar-refractivity contribution in [3.8, 4) is 0 Å². The Kier molecular flexibility index (Phi) is 4.97. The summed E-state index contributed by atoms with van der Waals surface area (Å²) in [6.45, 7) is 0. The van der Waals surface area contributed by atoms with Crippen molar-refractivity contribution in [1.82, 2.24) is 9.55 Å². The first-order valence-electron chi connectivity index (χ1n) is 6.29. The monoisotopic (exact) mass is 405 g/mol. The summed E-state index contributed by atoms with van der Waals surface area (Å²) in [5.41, 5.74) is -3.97. The van der Waals surface area contributed by atoms with Crippen LogP contribution in [0, 0.1) is 0 Å². The lowest BCUT2D eigenvalue weighted by atomic mass is 10.2. The van der Waals surface area contributed by atoms with Crippen molar-refractivity contribution in [2.24, 2.45) is 7.05 Å². The van der Waals surface area contributed by atoms with E-state index < -0.39 is 45.2 Å². The molecule has 0 saturated carbocycles. The van der Waals surface area contributed by atoms with Crippen molar-refractivity contribution in [3.05, 3.63) is 49.9 Å². The summed E-state index contributed by atoms with van der Waals surface area (Å²) in [4.78, 5) is 14.9. The van der Waals surface area contributed by atoms with Gasteiger partial charge in [0.15, 0.2) is 5.69 Å². The number of hydrogen-bond donors (Lipinski definition) is 1. The molecule has 2 rings (SSSR count). The molecule has 0 aliphatic heterocycles. The van der Waals surface area contributed by atoms with Crippen LogP contribution in [-0.2, 0) is 19.4 Å². The van der Waals surface area contributed by atoms with Gasteiger partial charge < -0.3 is 5.32 Å². The second kappa shape index (κ2) is 6.41. The van der Waals surface area contributed by atoms with Crippen molar-refractivity contribution in [2.75, 3.05) is 5.32 Å². The lowest BCUT2D eigenvalue weighted by molar-refractivity contribution is -0.141. The van der Waals surface area contributed by atoms with E-state index in [0.29, 0.717) is 12.1 Å². The van der Waals surface area contributed by atoms with Gasteiger partial charge in [0.25, 0.3) is 5.56 Å².